The molecular weight excluding hydrogens is 304 g/mol. The highest BCUT2D eigenvalue weighted by Gasteiger charge is 2.33. The van der Waals surface area contributed by atoms with E-state index in [0.29, 0.717) is 11.6 Å². The van der Waals surface area contributed by atoms with Gasteiger partial charge in [-0.1, -0.05) is 49.6 Å². The van der Waals surface area contributed by atoms with Gasteiger partial charge < -0.3 is 4.90 Å². The van der Waals surface area contributed by atoms with Crippen LogP contribution in [-0.4, -0.2) is 28.9 Å². The molecule has 0 unspecified atom stereocenters. The van der Waals surface area contributed by atoms with Gasteiger partial charge in [-0.3, -0.25) is 4.79 Å². The second kappa shape index (κ2) is 6.44. The van der Waals surface area contributed by atoms with Gasteiger partial charge in [0, 0.05) is 24.0 Å². The molecule has 0 bridgehead atoms. The third kappa shape index (κ3) is 3.05. The van der Waals surface area contributed by atoms with Crippen LogP contribution in [0, 0.1) is 11.8 Å². The molecule has 2 aliphatic rings. The standard InChI is InChI=1S/C19H22N2OS/c22-19(21-11-10-14-6-4-5-9-16(14)12-21)17-13-23-18(20-17)15-7-2-1-3-8-15/h1-3,7-8,13-14,16H,4-6,9-12H2/t14-,16-/m0/s1. The van der Waals surface area contributed by atoms with Crippen LogP contribution in [0.15, 0.2) is 35.7 Å². The molecule has 1 aliphatic carbocycles. The summed E-state index contributed by atoms with van der Waals surface area (Å²) in [6.45, 7) is 1.83. The molecule has 1 aromatic carbocycles. The van der Waals surface area contributed by atoms with E-state index in [0.717, 1.165) is 29.6 Å². The zero-order valence-electron chi connectivity index (χ0n) is 13.3. The number of amides is 1. The fourth-order valence-electron chi connectivity index (χ4n) is 4.03. The van der Waals surface area contributed by atoms with Crippen molar-refractivity contribution in [3.8, 4) is 10.6 Å². The maximum Gasteiger partial charge on any atom is 0.273 e. The van der Waals surface area contributed by atoms with E-state index >= 15 is 0 Å². The zero-order valence-corrected chi connectivity index (χ0v) is 14.1. The van der Waals surface area contributed by atoms with E-state index in [4.69, 9.17) is 0 Å². The summed E-state index contributed by atoms with van der Waals surface area (Å²) in [5.74, 6) is 1.68. The van der Waals surface area contributed by atoms with Crippen molar-refractivity contribution in [2.24, 2.45) is 11.8 Å². The first kappa shape index (κ1) is 14.9. The second-order valence-corrected chi connectivity index (χ2v) is 7.61. The number of hydrogen-bond donors (Lipinski definition) is 0. The van der Waals surface area contributed by atoms with Crippen molar-refractivity contribution in [2.75, 3.05) is 13.1 Å². The second-order valence-electron chi connectivity index (χ2n) is 6.75. The number of rotatable bonds is 2. The average molecular weight is 326 g/mol. The molecule has 1 saturated carbocycles. The molecule has 1 saturated heterocycles. The highest BCUT2D eigenvalue weighted by molar-refractivity contribution is 7.13. The Hall–Kier alpha value is -1.68. The first-order valence-corrected chi connectivity index (χ1v) is 9.49. The Kier molecular flexibility index (Phi) is 4.17. The Bertz CT molecular complexity index is 682. The van der Waals surface area contributed by atoms with Crippen LogP contribution in [0.2, 0.25) is 0 Å². The Morgan fingerprint density at radius 3 is 2.70 bits per heavy atom. The smallest absolute Gasteiger partial charge is 0.273 e. The number of nitrogens with zero attached hydrogens (tertiary/aromatic N) is 2. The summed E-state index contributed by atoms with van der Waals surface area (Å²) in [7, 11) is 0. The van der Waals surface area contributed by atoms with Gasteiger partial charge in [-0.05, 0) is 24.7 Å². The molecule has 1 amide bonds. The van der Waals surface area contributed by atoms with Gasteiger partial charge in [-0.15, -0.1) is 11.3 Å². The van der Waals surface area contributed by atoms with Gasteiger partial charge in [-0.25, -0.2) is 4.98 Å². The largest absolute Gasteiger partial charge is 0.337 e. The van der Waals surface area contributed by atoms with Crippen LogP contribution >= 0.6 is 11.3 Å². The van der Waals surface area contributed by atoms with Gasteiger partial charge in [0.15, 0.2) is 0 Å². The van der Waals surface area contributed by atoms with Gasteiger partial charge in [0.1, 0.15) is 10.7 Å². The molecule has 2 atom stereocenters. The van der Waals surface area contributed by atoms with Crippen LogP contribution in [-0.2, 0) is 0 Å². The molecule has 3 nitrogen and oxygen atoms in total. The molecule has 120 valence electrons. The van der Waals surface area contributed by atoms with Gasteiger partial charge in [0.05, 0.1) is 0 Å². The molecule has 2 fully saturated rings. The van der Waals surface area contributed by atoms with Gasteiger partial charge in [0.25, 0.3) is 5.91 Å². The molecule has 4 rings (SSSR count). The fraction of sp³-hybridized carbons (Fsp3) is 0.474. The minimum Gasteiger partial charge on any atom is -0.337 e. The summed E-state index contributed by atoms with van der Waals surface area (Å²) < 4.78 is 0. The van der Waals surface area contributed by atoms with Gasteiger partial charge in [-0.2, -0.15) is 0 Å². The van der Waals surface area contributed by atoms with Crippen LogP contribution in [0.25, 0.3) is 10.6 Å². The molecule has 2 heterocycles. The summed E-state index contributed by atoms with van der Waals surface area (Å²) in [5.41, 5.74) is 1.70. The van der Waals surface area contributed by atoms with E-state index in [9.17, 15) is 4.79 Å². The maximum absolute atomic E-state index is 12.8. The highest BCUT2D eigenvalue weighted by atomic mass is 32.1. The molecule has 0 N–H and O–H groups in total. The quantitative estimate of drug-likeness (QED) is 0.816. The third-order valence-corrected chi connectivity index (χ3v) is 6.21. The molecular formula is C19H22N2OS. The fourth-order valence-corrected chi connectivity index (χ4v) is 4.83. The predicted octanol–water partition coefficient (Wildman–Crippen LogP) is 4.46. The number of fused-ring (bicyclic) bond motifs is 1. The van der Waals surface area contributed by atoms with Crippen LogP contribution in [0.3, 0.4) is 0 Å². The van der Waals surface area contributed by atoms with Crippen molar-refractivity contribution in [1.29, 1.82) is 0 Å². The Labute approximate surface area is 141 Å². The molecule has 2 aromatic rings. The van der Waals surface area contributed by atoms with Crippen molar-refractivity contribution in [2.45, 2.75) is 32.1 Å². The highest BCUT2D eigenvalue weighted by Crippen LogP contribution is 2.36. The summed E-state index contributed by atoms with van der Waals surface area (Å²) in [4.78, 5) is 19.4. The lowest BCUT2D eigenvalue weighted by atomic mass is 9.75. The minimum atomic E-state index is 0.118. The van der Waals surface area contributed by atoms with Crippen molar-refractivity contribution >= 4 is 17.2 Å². The van der Waals surface area contributed by atoms with Crippen molar-refractivity contribution in [3.05, 3.63) is 41.4 Å². The predicted molar refractivity (Wildman–Crippen MR) is 93.5 cm³/mol. The number of piperidine rings is 1. The number of benzene rings is 1. The first-order chi connectivity index (χ1) is 11.3. The molecule has 23 heavy (non-hydrogen) atoms. The summed E-state index contributed by atoms with van der Waals surface area (Å²) >= 11 is 1.56. The maximum atomic E-state index is 12.8. The van der Waals surface area contributed by atoms with Gasteiger partial charge in [0.2, 0.25) is 0 Å². The zero-order chi connectivity index (χ0) is 15.6. The Balaban J connectivity index is 1.48. The lowest BCUT2D eigenvalue weighted by Crippen LogP contribution is -2.44. The van der Waals surface area contributed by atoms with E-state index < -0.39 is 0 Å². The summed E-state index contributed by atoms with van der Waals surface area (Å²) in [6, 6.07) is 10.1. The van der Waals surface area contributed by atoms with Crippen molar-refractivity contribution in [1.82, 2.24) is 9.88 Å². The van der Waals surface area contributed by atoms with E-state index in [1.54, 1.807) is 11.3 Å². The molecule has 1 aliphatic heterocycles. The monoisotopic (exact) mass is 326 g/mol. The molecule has 0 radical (unpaired) electrons. The number of hydrogen-bond acceptors (Lipinski definition) is 3. The van der Waals surface area contributed by atoms with Gasteiger partial charge >= 0.3 is 0 Å². The van der Waals surface area contributed by atoms with Crippen LogP contribution < -0.4 is 0 Å². The van der Waals surface area contributed by atoms with Crippen molar-refractivity contribution in [3.63, 3.8) is 0 Å². The Morgan fingerprint density at radius 1 is 1.09 bits per heavy atom. The Morgan fingerprint density at radius 2 is 1.87 bits per heavy atom. The molecule has 1 aromatic heterocycles. The third-order valence-electron chi connectivity index (χ3n) is 5.32. The van der Waals surface area contributed by atoms with E-state index in [-0.39, 0.29) is 5.91 Å². The SMILES string of the molecule is O=C(c1csc(-c2ccccc2)n1)N1CC[C@@H]2CCCC[C@H]2C1. The number of aromatic nitrogens is 1. The van der Waals surface area contributed by atoms with Crippen LogP contribution in [0.4, 0.5) is 0 Å². The lowest BCUT2D eigenvalue weighted by Gasteiger charge is -2.41. The summed E-state index contributed by atoms with van der Waals surface area (Å²) in [5, 5.41) is 2.85. The topological polar surface area (TPSA) is 33.2 Å². The van der Waals surface area contributed by atoms with E-state index in [1.807, 2.05) is 40.6 Å². The van der Waals surface area contributed by atoms with E-state index in [2.05, 4.69) is 4.98 Å². The molecule has 4 heteroatoms. The number of likely N-dealkylation sites (tertiary alicyclic amines) is 1. The number of carbonyl (C=O) groups is 1. The normalized spacial score (nSPS) is 24.3. The van der Waals surface area contributed by atoms with Crippen LogP contribution in [0.5, 0.6) is 0 Å². The molecule has 0 spiro atoms. The van der Waals surface area contributed by atoms with E-state index in [1.165, 1.54) is 32.1 Å². The lowest BCUT2D eigenvalue weighted by molar-refractivity contribution is 0.0516. The minimum absolute atomic E-state index is 0.118. The number of thiazole rings is 1. The van der Waals surface area contributed by atoms with Crippen LogP contribution in [0.1, 0.15) is 42.6 Å². The average Bonchev–Trinajstić information content (AvgIpc) is 3.11. The first-order valence-electron chi connectivity index (χ1n) is 8.61. The van der Waals surface area contributed by atoms with Crippen molar-refractivity contribution < 1.29 is 4.79 Å². The summed E-state index contributed by atoms with van der Waals surface area (Å²) in [6.07, 6.45) is 6.54. The number of carbonyl (C=O) groups excluding carboxylic acids is 1.